The first kappa shape index (κ1) is 26.8. The van der Waals surface area contributed by atoms with Crippen LogP contribution in [0.25, 0.3) is 0 Å². The molecule has 0 saturated carbocycles. The Hall–Kier alpha value is -2.38. The SMILES string of the molecule is C[C@H](c1ccc(F)cc1)n1cncc1CN1CCN(S(=O)(=O)c2cnc(N3CCN4CCCC4(C)C3)s2)CC1. The van der Waals surface area contributed by atoms with Gasteiger partial charge in [-0.1, -0.05) is 23.5 Å². The van der Waals surface area contributed by atoms with E-state index < -0.39 is 10.0 Å². The third-order valence-corrected chi connectivity index (χ3v) is 12.0. The van der Waals surface area contributed by atoms with Crippen molar-refractivity contribution in [2.75, 3.05) is 57.3 Å². The van der Waals surface area contributed by atoms with E-state index in [2.05, 4.69) is 43.1 Å². The summed E-state index contributed by atoms with van der Waals surface area (Å²) >= 11 is 1.30. The van der Waals surface area contributed by atoms with Crippen LogP contribution < -0.4 is 4.90 Å². The summed E-state index contributed by atoms with van der Waals surface area (Å²) in [5, 5.41) is 0.809. The highest BCUT2D eigenvalue weighted by Crippen LogP contribution is 2.36. The van der Waals surface area contributed by atoms with Crippen LogP contribution in [0, 0.1) is 5.82 Å². The molecule has 9 nitrogen and oxygen atoms in total. The molecule has 0 bridgehead atoms. The average Bonchev–Trinajstić information content (AvgIpc) is 3.68. The van der Waals surface area contributed by atoms with Crippen LogP contribution in [0.15, 0.2) is 47.2 Å². The molecule has 3 aliphatic heterocycles. The molecule has 0 amide bonds. The van der Waals surface area contributed by atoms with Crippen molar-refractivity contribution in [1.82, 2.24) is 28.6 Å². The van der Waals surface area contributed by atoms with Gasteiger partial charge in [0.05, 0.1) is 24.3 Å². The third kappa shape index (κ3) is 5.24. The number of hydrogen-bond acceptors (Lipinski definition) is 8. The molecule has 0 N–H and O–H groups in total. The second-order valence-electron chi connectivity index (χ2n) is 11.2. The highest BCUT2D eigenvalue weighted by molar-refractivity contribution is 7.91. The van der Waals surface area contributed by atoms with Gasteiger partial charge < -0.3 is 9.47 Å². The van der Waals surface area contributed by atoms with Crippen LogP contribution >= 0.6 is 11.3 Å². The minimum Gasteiger partial charge on any atom is -0.345 e. The zero-order chi connectivity index (χ0) is 27.2. The lowest BCUT2D eigenvalue weighted by Gasteiger charge is -2.45. The Bertz CT molecular complexity index is 1400. The zero-order valence-corrected chi connectivity index (χ0v) is 24.2. The molecule has 3 aliphatic rings. The Labute approximate surface area is 233 Å². The summed E-state index contributed by atoms with van der Waals surface area (Å²) in [7, 11) is -3.58. The predicted molar refractivity (Wildman–Crippen MR) is 150 cm³/mol. The molecule has 0 spiro atoms. The van der Waals surface area contributed by atoms with Crippen LogP contribution in [-0.4, -0.2) is 95.0 Å². The molecule has 2 aromatic heterocycles. The topological polar surface area (TPSA) is 77.8 Å². The Kier molecular flexibility index (Phi) is 7.25. The van der Waals surface area contributed by atoms with Crippen molar-refractivity contribution in [3.05, 3.63) is 60.1 Å². The fraction of sp³-hybridized carbons (Fsp3) is 0.556. The molecular formula is C27H36FN7O2S2. The van der Waals surface area contributed by atoms with E-state index in [1.54, 1.807) is 29.0 Å². The number of aromatic nitrogens is 3. The molecule has 2 atom stereocenters. The van der Waals surface area contributed by atoms with Crippen molar-refractivity contribution in [3.63, 3.8) is 0 Å². The number of fused-ring (bicyclic) bond motifs is 1. The predicted octanol–water partition coefficient (Wildman–Crippen LogP) is 3.27. The van der Waals surface area contributed by atoms with E-state index >= 15 is 0 Å². The van der Waals surface area contributed by atoms with Gasteiger partial charge in [-0.05, 0) is 50.9 Å². The van der Waals surface area contributed by atoms with Crippen molar-refractivity contribution in [3.8, 4) is 0 Å². The Morgan fingerprint density at radius 2 is 1.82 bits per heavy atom. The number of imidazole rings is 1. The Balaban J connectivity index is 1.07. The second kappa shape index (κ2) is 10.5. The number of rotatable bonds is 7. The van der Waals surface area contributed by atoms with E-state index in [0.29, 0.717) is 36.9 Å². The summed E-state index contributed by atoms with van der Waals surface area (Å²) in [5.74, 6) is -0.250. The number of benzene rings is 1. The lowest BCUT2D eigenvalue weighted by Crippen LogP contribution is -2.57. The van der Waals surface area contributed by atoms with E-state index in [1.807, 2.05) is 6.20 Å². The average molecular weight is 574 g/mol. The molecule has 3 saturated heterocycles. The fourth-order valence-electron chi connectivity index (χ4n) is 6.24. The number of piperazine rings is 2. The van der Waals surface area contributed by atoms with Gasteiger partial charge in [-0.15, -0.1) is 0 Å². The first-order chi connectivity index (χ1) is 18.7. The monoisotopic (exact) mass is 573 g/mol. The summed E-state index contributed by atoms with van der Waals surface area (Å²) in [6.07, 6.45) is 7.60. The van der Waals surface area contributed by atoms with E-state index in [4.69, 9.17) is 0 Å². The lowest BCUT2D eigenvalue weighted by molar-refractivity contribution is 0.138. The lowest BCUT2D eigenvalue weighted by atomic mass is 9.96. The highest BCUT2D eigenvalue weighted by Gasteiger charge is 2.42. The Morgan fingerprint density at radius 3 is 2.59 bits per heavy atom. The molecule has 5 heterocycles. The second-order valence-corrected chi connectivity index (χ2v) is 14.3. The molecule has 3 aromatic rings. The maximum Gasteiger partial charge on any atom is 0.254 e. The number of thiazole rings is 1. The minimum atomic E-state index is -3.58. The smallest absolute Gasteiger partial charge is 0.254 e. The number of sulfonamides is 1. The molecule has 6 rings (SSSR count). The first-order valence-corrected chi connectivity index (χ1v) is 15.9. The normalized spacial score (nSPS) is 24.2. The third-order valence-electron chi connectivity index (χ3n) is 8.65. The van der Waals surface area contributed by atoms with Crippen LogP contribution in [0.2, 0.25) is 0 Å². The van der Waals surface area contributed by atoms with Crippen LogP contribution in [0.5, 0.6) is 0 Å². The highest BCUT2D eigenvalue weighted by atomic mass is 32.2. The largest absolute Gasteiger partial charge is 0.345 e. The standard InChI is InChI=1S/C27H36FN7O2S2/c1-21(22-4-6-23(28)7-5-22)35-20-29-16-24(35)18-31-10-14-34(15-11-31)39(36,37)25-17-30-26(38-25)32-12-13-33-9-3-8-27(33,2)19-32/h4-7,16-17,20-21H,3,8-15,18-19H2,1-2H3/t21-,27?/m1/s1. The van der Waals surface area contributed by atoms with Crippen molar-refractivity contribution >= 4 is 26.5 Å². The van der Waals surface area contributed by atoms with Crippen molar-refractivity contribution in [2.24, 2.45) is 0 Å². The summed E-state index contributed by atoms with van der Waals surface area (Å²) in [6, 6.07) is 6.57. The van der Waals surface area contributed by atoms with Gasteiger partial charge in [0.25, 0.3) is 10.0 Å². The van der Waals surface area contributed by atoms with Gasteiger partial charge >= 0.3 is 0 Å². The number of halogens is 1. The quantitative estimate of drug-likeness (QED) is 0.429. The van der Waals surface area contributed by atoms with Crippen molar-refractivity contribution in [2.45, 2.75) is 49.0 Å². The fourth-order valence-corrected chi connectivity index (χ4v) is 8.96. The molecule has 39 heavy (non-hydrogen) atoms. The van der Waals surface area contributed by atoms with Gasteiger partial charge in [0.1, 0.15) is 5.82 Å². The summed E-state index contributed by atoms with van der Waals surface area (Å²) in [5.41, 5.74) is 2.21. The van der Waals surface area contributed by atoms with Crippen LogP contribution in [0.3, 0.4) is 0 Å². The minimum absolute atomic E-state index is 0.0181. The molecular weight excluding hydrogens is 537 g/mol. The van der Waals surface area contributed by atoms with E-state index in [0.717, 1.165) is 42.6 Å². The summed E-state index contributed by atoms with van der Waals surface area (Å²) in [4.78, 5) is 16.0. The maximum atomic E-state index is 13.5. The van der Waals surface area contributed by atoms with E-state index in [1.165, 1.54) is 36.3 Å². The van der Waals surface area contributed by atoms with Gasteiger partial charge in [-0.2, -0.15) is 4.31 Å². The molecule has 0 radical (unpaired) electrons. The zero-order valence-electron chi connectivity index (χ0n) is 22.5. The molecule has 3 fully saturated rings. The molecule has 0 aliphatic carbocycles. The molecule has 210 valence electrons. The van der Waals surface area contributed by atoms with E-state index in [-0.39, 0.29) is 17.4 Å². The number of hydrogen-bond donors (Lipinski definition) is 0. The van der Waals surface area contributed by atoms with Crippen LogP contribution in [0.4, 0.5) is 9.52 Å². The van der Waals surface area contributed by atoms with Gasteiger partial charge in [0.15, 0.2) is 9.34 Å². The molecule has 1 unspecified atom stereocenters. The molecule has 12 heteroatoms. The summed E-state index contributed by atoms with van der Waals surface area (Å²) in [6.45, 7) is 11.2. The maximum absolute atomic E-state index is 13.5. The number of nitrogens with zero attached hydrogens (tertiary/aromatic N) is 7. The van der Waals surface area contributed by atoms with Gasteiger partial charge in [-0.3, -0.25) is 9.80 Å². The summed E-state index contributed by atoms with van der Waals surface area (Å²) < 4.78 is 44.4. The first-order valence-electron chi connectivity index (χ1n) is 13.7. The van der Waals surface area contributed by atoms with Crippen molar-refractivity contribution in [1.29, 1.82) is 0 Å². The van der Waals surface area contributed by atoms with Gasteiger partial charge in [-0.25, -0.2) is 22.8 Å². The Morgan fingerprint density at radius 1 is 1.05 bits per heavy atom. The van der Waals surface area contributed by atoms with E-state index in [9.17, 15) is 12.8 Å². The van der Waals surface area contributed by atoms with Crippen LogP contribution in [0.1, 0.15) is 44.0 Å². The van der Waals surface area contributed by atoms with Gasteiger partial charge in [0.2, 0.25) is 0 Å². The van der Waals surface area contributed by atoms with Gasteiger partial charge in [0, 0.05) is 64.1 Å². The van der Waals surface area contributed by atoms with Crippen LogP contribution in [-0.2, 0) is 16.6 Å². The molecule has 1 aromatic carbocycles. The number of anilines is 1. The van der Waals surface area contributed by atoms with Crippen molar-refractivity contribution < 1.29 is 12.8 Å².